The molecule has 0 bridgehead atoms. The number of nitrogens with one attached hydrogen (secondary N) is 1. The Labute approximate surface area is 145 Å². The van der Waals surface area contributed by atoms with Gasteiger partial charge in [-0.15, -0.1) is 0 Å². The predicted octanol–water partition coefficient (Wildman–Crippen LogP) is 3.35. The van der Waals surface area contributed by atoms with Crippen LogP contribution < -0.4 is 10.1 Å². The smallest absolute Gasteiger partial charge is 0.317 e. The van der Waals surface area contributed by atoms with E-state index < -0.39 is 0 Å². The molecule has 5 nitrogen and oxygen atoms in total. The molecule has 2 rings (SSSR count). The summed E-state index contributed by atoms with van der Waals surface area (Å²) in [7, 11) is 1.83. The van der Waals surface area contributed by atoms with Crippen molar-refractivity contribution < 1.29 is 14.3 Å². The van der Waals surface area contributed by atoms with Gasteiger partial charge in [0.15, 0.2) is 0 Å². The molecule has 1 aliphatic rings. The molecule has 0 radical (unpaired) electrons. The van der Waals surface area contributed by atoms with Crippen LogP contribution in [0.25, 0.3) is 0 Å². The molecule has 0 aromatic heterocycles. The second-order valence-corrected chi connectivity index (χ2v) is 7.59. The Morgan fingerprint density at radius 2 is 2.17 bits per heavy atom. The van der Waals surface area contributed by atoms with Gasteiger partial charge >= 0.3 is 6.03 Å². The van der Waals surface area contributed by atoms with Gasteiger partial charge in [-0.05, 0) is 45.7 Å². The Morgan fingerprint density at radius 1 is 1.42 bits per heavy atom. The lowest BCUT2D eigenvalue weighted by atomic mass is 10.1. The number of carbonyl (C=O) groups excluding carboxylic acids is 1. The maximum atomic E-state index is 12.3. The Hall–Kier alpha value is -1.75. The largest absolute Gasteiger partial charge is 0.488 e. The molecule has 1 aliphatic heterocycles. The fraction of sp³-hybridized carbons (Fsp3) is 0.632. The van der Waals surface area contributed by atoms with E-state index in [1.807, 2.05) is 52.9 Å². The first kappa shape index (κ1) is 18.6. The summed E-state index contributed by atoms with van der Waals surface area (Å²) in [6.45, 7) is 10.8. The van der Waals surface area contributed by atoms with Crippen molar-refractivity contribution >= 4 is 6.03 Å². The first-order valence-electron chi connectivity index (χ1n) is 8.60. The molecule has 1 fully saturated rings. The third kappa shape index (κ3) is 5.71. The van der Waals surface area contributed by atoms with Gasteiger partial charge in [0.25, 0.3) is 0 Å². The summed E-state index contributed by atoms with van der Waals surface area (Å²) in [6, 6.07) is 6.01. The van der Waals surface area contributed by atoms with Gasteiger partial charge in [0.05, 0.1) is 6.61 Å². The van der Waals surface area contributed by atoms with Gasteiger partial charge in [-0.1, -0.05) is 12.1 Å². The molecule has 24 heavy (non-hydrogen) atoms. The van der Waals surface area contributed by atoms with E-state index in [-0.39, 0.29) is 11.6 Å². The van der Waals surface area contributed by atoms with Crippen molar-refractivity contribution in [2.24, 2.45) is 5.92 Å². The molecule has 1 aromatic rings. The topological polar surface area (TPSA) is 50.8 Å². The van der Waals surface area contributed by atoms with Crippen molar-refractivity contribution in [1.29, 1.82) is 0 Å². The molecular weight excluding hydrogens is 304 g/mol. The van der Waals surface area contributed by atoms with Gasteiger partial charge in [-0.25, -0.2) is 4.79 Å². The third-order valence-electron chi connectivity index (χ3n) is 3.97. The minimum absolute atomic E-state index is 0.0656. The summed E-state index contributed by atoms with van der Waals surface area (Å²) >= 11 is 0. The van der Waals surface area contributed by atoms with E-state index in [0.717, 1.165) is 43.1 Å². The number of hydrogen-bond donors (Lipinski definition) is 1. The van der Waals surface area contributed by atoms with Gasteiger partial charge in [0, 0.05) is 38.2 Å². The Morgan fingerprint density at radius 3 is 2.79 bits per heavy atom. The highest BCUT2D eigenvalue weighted by molar-refractivity contribution is 5.73. The lowest BCUT2D eigenvalue weighted by Gasteiger charge is -2.25. The average Bonchev–Trinajstić information content (AvgIpc) is 2.97. The van der Waals surface area contributed by atoms with E-state index in [4.69, 9.17) is 9.47 Å². The van der Waals surface area contributed by atoms with Crippen LogP contribution >= 0.6 is 0 Å². The predicted molar refractivity (Wildman–Crippen MR) is 95.4 cm³/mol. The molecule has 0 unspecified atom stereocenters. The minimum Gasteiger partial charge on any atom is -0.488 e. The number of carbonyl (C=O) groups is 1. The normalized spacial score (nSPS) is 17.6. The first-order chi connectivity index (χ1) is 11.2. The Bertz CT molecular complexity index is 560. The van der Waals surface area contributed by atoms with Gasteiger partial charge in [0.1, 0.15) is 11.4 Å². The van der Waals surface area contributed by atoms with Crippen molar-refractivity contribution in [3.63, 3.8) is 0 Å². The van der Waals surface area contributed by atoms with Crippen molar-refractivity contribution in [2.45, 2.75) is 46.3 Å². The minimum atomic E-state index is -0.272. The van der Waals surface area contributed by atoms with E-state index in [9.17, 15) is 4.79 Å². The quantitative estimate of drug-likeness (QED) is 0.898. The zero-order valence-electron chi connectivity index (χ0n) is 15.5. The van der Waals surface area contributed by atoms with Gasteiger partial charge < -0.3 is 19.7 Å². The lowest BCUT2D eigenvalue weighted by molar-refractivity contribution is 0.129. The molecule has 0 aliphatic carbocycles. The Balaban J connectivity index is 1.93. The number of urea groups is 1. The molecule has 1 aromatic carbocycles. The van der Waals surface area contributed by atoms with Crippen LogP contribution in [0.3, 0.4) is 0 Å². The molecule has 134 valence electrons. The molecule has 0 saturated carbocycles. The van der Waals surface area contributed by atoms with E-state index >= 15 is 0 Å². The summed E-state index contributed by atoms with van der Waals surface area (Å²) in [5.41, 5.74) is 1.86. The zero-order valence-corrected chi connectivity index (χ0v) is 15.5. The van der Waals surface area contributed by atoms with Crippen LogP contribution in [0, 0.1) is 12.8 Å². The molecule has 5 heteroatoms. The van der Waals surface area contributed by atoms with Crippen LogP contribution in [-0.4, -0.2) is 43.3 Å². The van der Waals surface area contributed by atoms with Crippen LogP contribution in [0.2, 0.25) is 0 Å². The van der Waals surface area contributed by atoms with Crippen molar-refractivity contribution in [3.05, 3.63) is 29.3 Å². The number of amides is 2. The summed E-state index contributed by atoms with van der Waals surface area (Å²) in [4.78, 5) is 14.0. The van der Waals surface area contributed by atoms with E-state index in [1.54, 1.807) is 4.90 Å². The first-order valence-corrected chi connectivity index (χ1v) is 8.60. The highest BCUT2D eigenvalue weighted by atomic mass is 16.5. The maximum Gasteiger partial charge on any atom is 0.317 e. The fourth-order valence-corrected chi connectivity index (χ4v) is 2.74. The van der Waals surface area contributed by atoms with Crippen LogP contribution in [0.4, 0.5) is 4.79 Å². The van der Waals surface area contributed by atoms with Crippen molar-refractivity contribution in [2.75, 3.05) is 26.8 Å². The molecular formula is C19H30N2O3. The summed E-state index contributed by atoms with van der Waals surface area (Å²) < 4.78 is 11.4. The third-order valence-corrected chi connectivity index (χ3v) is 3.97. The van der Waals surface area contributed by atoms with Gasteiger partial charge in [-0.3, -0.25) is 0 Å². The fourth-order valence-electron chi connectivity index (χ4n) is 2.74. The number of rotatable bonds is 5. The highest BCUT2D eigenvalue weighted by Gasteiger charge is 2.20. The molecule has 1 heterocycles. The highest BCUT2D eigenvalue weighted by Crippen LogP contribution is 2.24. The molecule has 2 amide bonds. The molecule has 1 N–H and O–H groups in total. The van der Waals surface area contributed by atoms with Crippen LogP contribution in [0.1, 0.15) is 38.3 Å². The zero-order chi connectivity index (χ0) is 17.7. The van der Waals surface area contributed by atoms with Gasteiger partial charge in [-0.2, -0.15) is 0 Å². The average molecular weight is 334 g/mol. The molecule has 1 atom stereocenters. The molecule has 1 saturated heterocycles. The summed E-state index contributed by atoms with van der Waals surface area (Å²) in [5.74, 6) is 1.27. The number of nitrogens with zero attached hydrogens (tertiary/aromatic N) is 1. The summed E-state index contributed by atoms with van der Waals surface area (Å²) in [5, 5.41) is 2.98. The van der Waals surface area contributed by atoms with E-state index in [2.05, 4.69) is 5.32 Å². The van der Waals surface area contributed by atoms with Crippen LogP contribution in [0.15, 0.2) is 18.2 Å². The van der Waals surface area contributed by atoms with Gasteiger partial charge in [0.2, 0.25) is 0 Å². The van der Waals surface area contributed by atoms with Crippen LogP contribution in [-0.2, 0) is 11.3 Å². The van der Waals surface area contributed by atoms with Crippen LogP contribution in [0.5, 0.6) is 5.75 Å². The number of aryl methyl sites for hydroxylation is 1. The second kappa shape index (κ2) is 7.88. The van der Waals surface area contributed by atoms with Crippen molar-refractivity contribution in [3.8, 4) is 5.75 Å². The standard InChI is InChI=1S/C19H30N2O3/c1-14-6-7-16(17(10-14)24-19(2,3)4)11-20-18(22)21(5)12-15-8-9-23-13-15/h6-7,10,15H,8-9,11-13H2,1-5H3,(H,20,22)/t15-/m1/s1. The van der Waals surface area contributed by atoms with Crippen molar-refractivity contribution in [1.82, 2.24) is 10.2 Å². The summed E-state index contributed by atoms with van der Waals surface area (Å²) in [6.07, 6.45) is 1.03. The Kier molecular flexibility index (Phi) is 6.10. The van der Waals surface area contributed by atoms with E-state index in [0.29, 0.717) is 12.5 Å². The molecule has 0 spiro atoms. The number of benzene rings is 1. The monoisotopic (exact) mass is 334 g/mol. The number of hydrogen-bond acceptors (Lipinski definition) is 3. The number of ether oxygens (including phenoxy) is 2. The maximum absolute atomic E-state index is 12.3. The van der Waals surface area contributed by atoms with E-state index in [1.165, 1.54) is 0 Å². The SMILES string of the molecule is Cc1ccc(CNC(=O)N(C)C[C@H]2CCOC2)c(OC(C)(C)C)c1. The second-order valence-electron chi connectivity index (χ2n) is 7.59. The lowest BCUT2D eigenvalue weighted by Crippen LogP contribution is -2.39.